The van der Waals surface area contributed by atoms with Gasteiger partial charge < -0.3 is 10.3 Å². The average molecular weight is 279 g/mol. The van der Waals surface area contributed by atoms with Crippen molar-refractivity contribution in [2.24, 2.45) is 5.73 Å². The summed E-state index contributed by atoms with van der Waals surface area (Å²) >= 11 is 0. The molecule has 0 amide bonds. The van der Waals surface area contributed by atoms with Crippen LogP contribution in [0, 0.1) is 6.92 Å². The molecular weight excluding hydrogens is 258 g/mol. The number of hydrogen-bond donors (Lipinski definition) is 1. The summed E-state index contributed by atoms with van der Waals surface area (Å²) < 4.78 is 2.25. The van der Waals surface area contributed by atoms with E-state index >= 15 is 0 Å². The van der Waals surface area contributed by atoms with E-state index in [4.69, 9.17) is 5.73 Å². The number of aryl methyl sites for hydroxylation is 1. The van der Waals surface area contributed by atoms with E-state index in [1.165, 1.54) is 16.5 Å². The van der Waals surface area contributed by atoms with E-state index in [1.807, 2.05) is 19.9 Å². The van der Waals surface area contributed by atoms with Crippen LogP contribution in [0.25, 0.3) is 10.9 Å². The van der Waals surface area contributed by atoms with Gasteiger partial charge in [-0.25, -0.2) is 0 Å². The van der Waals surface area contributed by atoms with E-state index in [0.717, 1.165) is 24.4 Å². The predicted octanol–water partition coefficient (Wildman–Crippen LogP) is 3.28. The number of fused-ring (bicyclic) bond motifs is 1. The normalized spacial score (nSPS) is 12.7. The second-order valence-electron chi connectivity index (χ2n) is 5.75. The number of pyridine rings is 1. The van der Waals surface area contributed by atoms with Crippen LogP contribution in [-0.2, 0) is 13.0 Å². The SMILES string of the molecule is Cc1cccc(Cn2ccc3c(CC(C)N)cccc32)n1. The van der Waals surface area contributed by atoms with Gasteiger partial charge in [-0.05, 0) is 50.1 Å². The van der Waals surface area contributed by atoms with Crippen molar-refractivity contribution < 1.29 is 0 Å². The molecular formula is C18H21N3. The molecule has 0 aliphatic carbocycles. The van der Waals surface area contributed by atoms with Gasteiger partial charge in [0.05, 0.1) is 12.2 Å². The topological polar surface area (TPSA) is 43.8 Å². The first-order valence-electron chi connectivity index (χ1n) is 7.38. The molecule has 0 spiro atoms. The van der Waals surface area contributed by atoms with Crippen LogP contribution >= 0.6 is 0 Å². The highest BCUT2D eigenvalue weighted by molar-refractivity contribution is 5.83. The second-order valence-corrected chi connectivity index (χ2v) is 5.75. The predicted molar refractivity (Wildman–Crippen MR) is 87.4 cm³/mol. The van der Waals surface area contributed by atoms with Crippen LogP contribution in [0.3, 0.4) is 0 Å². The van der Waals surface area contributed by atoms with E-state index in [-0.39, 0.29) is 6.04 Å². The quantitative estimate of drug-likeness (QED) is 0.796. The lowest BCUT2D eigenvalue weighted by Gasteiger charge is -2.09. The van der Waals surface area contributed by atoms with E-state index in [1.54, 1.807) is 0 Å². The Morgan fingerprint density at radius 3 is 2.71 bits per heavy atom. The zero-order valence-electron chi connectivity index (χ0n) is 12.6. The first kappa shape index (κ1) is 13.8. The minimum Gasteiger partial charge on any atom is -0.341 e. The van der Waals surface area contributed by atoms with Crippen LogP contribution in [0.5, 0.6) is 0 Å². The summed E-state index contributed by atoms with van der Waals surface area (Å²) in [6, 6.07) is 15.0. The van der Waals surface area contributed by atoms with Crippen LogP contribution in [0.15, 0.2) is 48.7 Å². The van der Waals surface area contributed by atoms with Crippen LogP contribution in [0.4, 0.5) is 0 Å². The maximum atomic E-state index is 5.95. The van der Waals surface area contributed by atoms with E-state index < -0.39 is 0 Å². The highest BCUT2D eigenvalue weighted by Crippen LogP contribution is 2.22. The highest BCUT2D eigenvalue weighted by Gasteiger charge is 2.08. The standard InChI is InChI=1S/C18H21N3/c1-13(19)11-15-6-4-8-18-17(15)9-10-21(18)12-16-7-3-5-14(2)20-16/h3-10,13H,11-12,19H2,1-2H3. The molecule has 2 aromatic heterocycles. The van der Waals surface area contributed by atoms with Gasteiger partial charge in [0.25, 0.3) is 0 Å². The molecule has 0 aliphatic heterocycles. The number of aromatic nitrogens is 2. The zero-order valence-corrected chi connectivity index (χ0v) is 12.6. The van der Waals surface area contributed by atoms with Crippen molar-refractivity contribution in [1.82, 2.24) is 9.55 Å². The van der Waals surface area contributed by atoms with Crippen molar-refractivity contribution >= 4 is 10.9 Å². The first-order chi connectivity index (χ1) is 10.1. The molecule has 0 saturated carbocycles. The summed E-state index contributed by atoms with van der Waals surface area (Å²) in [5.41, 5.74) is 10.7. The molecule has 1 unspecified atom stereocenters. The van der Waals surface area contributed by atoms with Gasteiger partial charge in [-0.2, -0.15) is 0 Å². The first-order valence-corrected chi connectivity index (χ1v) is 7.38. The summed E-state index contributed by atoms with van der Waals surface area (Å²) in [5.74, 6) is 0. The minimum absolute atomic E-state index is 0.178. The lowest BCUT2D eigenvalue weighted by molar-refractivity contribution is 0.741. The molecule has 3 rings (SSSR count). The van der Waals surface area contributed by atoms with Crippen LogP contribution < -0.4 is 5.73 Å². The Balaban J connectivity index is 1.97. The van der Waals surface area contributed by atoms with Gasteiger partial charge in [-0.1, -0.05) is 18.2 Å². The Morgan fingerprint density at radius 2 is 1.95 bits per heavy atom. The summed E-state index contributed by atoms with van der Waals surface area (Å²) in [6.07, 6.45) is 3.05. The lowest BCUT2D eigenvalue weighted by Crippen LogP contribution is -2.17. The molecule has 3 aromatic rings. The molecule has 1 atom stereocenters. The molecule has 2 N–H and O–H groups in total. The smallest absolute Gasteiger partial charge is 0.0648 e. The molecule has 0 fully saturated rings. The number of hydrogen-bond acceptors (Lipinski definition) is 2. The van der Waals surface area contributed by atoms with Gasteiger partial charge in [-0.15, -0.1) is 0 Å². The molecule has 0 radical (unpaired) electrons. The fourth-order valence-corrected chi connectivity index (χ4v) is 2.81. The Labute approximate surface area is 125 Å². The molecule has 0 aliphatic rings. The van der Waals surface area contributed by atoms with Gasteiger partial charge >= 0.3 is 0 Å². The van der Waals surface area contributed by atoms with Crippen LogP contribution in [0.2, 0.25) is 0 Å². The molecule has 21 heavy (non-hydrogen) atoms. The molecule has 0 saturated heterocycles. The van der Waals surface area contributed by atoms with Crippen molar-refractivity contribution in [3.63, 3.8) is 0 Å². The Bertz CT molecular complexity index is 756. The minimum atomic E-state index is 0.178. The van der Waals surface area contributed by atoms with Crippen molar-refractivity contribution in [1.29, 1.82) is 0 Å². The van der Waals surface area contributed by atoms with Gasteiger partial charge in [0.15, 0.2) is 0 Å². The van der Waals surface area contributed by atoms with Gasteiger partial charge in [0, 0.05) is 28.8 Å². The maximum absolute atomic E-state index is 5.95. The van der Waals surface area contributed by atoms with Crippen molar-refractivity contribution in [3.8, 4) is 0 Å². The third-order valence-corrected chi connectivity index (χ3v) is 3.72. The fourth-order valence-electron chi connectivity index (χ4n) is 2.81. The Morgan fingerprint density at radius 1 is 1.14 bits per heavy atom. The Hall–Kier alpha value is -2.13. The highest BCUT2D eigenvalue weighted by atomic mass is 15.0. The van der Waals surface area contributed by atoms with Gasteiger partial charge in [0.1, 0.15) is 0 Å². The second kappa shape index (κ2) is 5.70. The van der Waals surface area contributed by atoms with Crippen molar-refractivity contribution in [3.05, 3.63) is 65.6 Å². The average Bonchev–Trinajstić information content (AvgIpc) is 2.83. The molecule has 2 heterocycles. The number of rotatable bonds is 4. The van der Waals surface area contributed by atoms with Crippen molar-refractivity contribution in [2.75, 3.05) is 0 Å². The molecule has 3 nitrogen and oxygen atoms in total. The summed E-state index contributed by atoms with van der Waals surface area (Å²) in [6.45, 7) is 4.87. The zero-order chi connectivity index (χ0) is 14.8. The van der Waals surface area contributed by atoms with Crippen LogP contribution in [0.1, 0.15) is 23.9 Å². The lowest BCUT2D eigenvalue weighted by atomic mass is 10.0. The van der Waals surface area contributed by atoms with Crippen LogP contribution in [-0.4, -0.2) is 15.6 Å². The monoisotopic (exact) mass is 279 g/mol. The Kier molecular flexibility index (Phi) is 3.76. The summed E-state index contributed by atoms with van der Waals surface area (Å²) in [7, 11) is 0. The van der Waals surface area contributed by atoms with Crippen molar-refractivity contribution in [2.45, 2.75) is 32.9 Å². The maximum Gasteiger partial charge on any atom is 0.0648 e. The number of nitrogens with zero attached hydrogens (tertiary/aromatic N) is 2. The summed E-state index contributed by atoms with van der Waals surface area (Å²) in [5, 5.41) is 1.29. The molecule has 0 bridgehead atoms. The third kappa shape index (κ3) is 2.98. The fraction of sp³-hybridized carbons (Fsp3) is 0.278. The molecule has 1 aromatic carbocycles. The number of nitrogens with two attached hydrogens (primary N) is 1. The largest absolute Gasteiger partial charge is 0.341 e. The molecule has 108 valence electrons. The van der Waals surface area contributed by atoms with Gasteiger partial charge in [0.2, 0.25) is 0 Å². The van der Waals surface area contributed by atoms with E-state index in [0.29, 0.717) is 0 Å². The molecule has 3 heteroatoms. The van der Waals surface area contributed by atoms with E-state index in [2.05, 4.69) is 52.1 Å². The number of benzene rings is 1. The van der Waals surface area contributed by atoms with E-state index in [9.17, 15) is 0 Å². The van der Waals surface area contributed by atoms with Gasteiger partial charge in [-0.3, -0.25) is 4.98 Å². The third-order valence-electron chi connectivity index (χ3n) is 3.72. The summed E-state index contributed by atoms with van der Waals surface area (Å²) in [4.78, 5) is 4.58.